The van der Waals surface area contributed by atoms with Crippen molar-refractivity contribution in [2.45, 2.75) is 44.7 Å². The number of hydrogen-bond donors (Lipinski definition) is 1. The largest absolute Gasteiger partial charge is 0.493 e. The number of hydrogen-bond acceptors (Lipinski definition) is 6. The van der Waals surface area contributed by atoms with Crippen LogP contribution in [0.15, 0.2) is 41.3 Å². The molecule has 0 saturated carbocycles. The Balaban J connectivity index is 1.44. The minimum atomic E-state index is -0.429. The average Bonchev–Trinajstić information content (AvgIpc) is 3.60. The number of imidazole rings is 1. The summed E-state index contributed by atoms with van der Waals surface area (Å²) in [5.41, 5.74) is 1.79. The van der Waals surface area contributed by atoms with E-state index in [1.807, 2.05) is 32.9 Å². The molecule has 6 rings (SSSR count). The maximum Gasteiger partial charge on any atom is 0.336 e. The second-order valence-corrected chi connectivity index (χ2v) is 10.5. The van der Waals surface area contributed by atoms with E-state index in [1.165, 1.54) is 10.8 Å². The number of carbonyl (C=O) groups excluding carboxylic acids is 1. The van der Waals surface area contributed by atoms with Crippen molar-refractivity contribution in [3.05, 3.63) is 69.8 Å². The molecule has 10 nitrogen and oxygen atoms in total. The van der Waals surface area contributed by atoms with E-state index in [9.17, 15) is 20.0 Å². The second-order valence-electron chi connectivity index (χ2n) is 10.5. The lowest BCUT2D eigenvalue weighted by Crippen LogP contribution is -2.38. The highest BCUT2D eigenvalue weighted by molar-refractivity contribution is 5.94. The first kappa shape index (κ1) is 22.1. The van der Waals surface area contributed by atoms with Crippen molar-refractivity contribution in [2.75, 3.05) is 6.54 Å². The zero-order chi connectivity index (χ0) is 25.5. The van der Waals surface area contributed by atoms with Crippen LogP contribution in [0.5, 0.6) is 5.88 Å². The number of carbonyl (C=O) groups is 1. The maximum absolute atomic E-state index is 13.6. The van der Waals surface area contributed by atoms with E-state index < -0.39 is 6.04 Å². The van der Waals surface area contributed by atoms with Crippen LogP contribution in [0.1, 0.15) is 66.8 Å². The van der Waals surface area contributed by atoms with Crippen LogP contribution < -0.4 is 5.69 Å². The molecule has 182 valence electrons. The van der Waals surface area contributed by atoms with Gasteiger partial charge in [-0.15, -0.1) is 0 Å². The molecule has 1 amide bonds. The van der Waals surface area contributed by atoms with Gasteiger partial charge in [0.25, 0.3) is 5.91 Å². The van der Waals surface area contributed by atoms with Gasteiger partial charge in [-0.2, -0.15) is 10.4 Å². The van der Waals surface area contributed by atoms with Gasteiger partial charge in [0, 0.05) is 29.8 Å². The predicted molar refractivity (Wildman–Crippen MR) is 131 cm³/mol. The van der Waals surface area contributed by atoms with Gasteiger partial charge in [-0.3, -0.25) is 14.0 Å². The lowest BCUT2D eigenvalue weighted by molar-refractivity contribution is 0.0700. The van der Waals surface area contributed by atoms with Gasteiger partial charge in [0.15, 0.2) is 0 Å². The van der Waals surface area contributed by atoms with Crippen molar-refractivity contribution in [2.24, 2.45) is 7.05 Å². The van der Waals surface area contributed by atoms with E-state index in [1.54, 1.807) is 39.4 Å². The van der Waals surface area contributed by atoms with E-state index in [0.29, 0.717) is 40.8 Å². The molecule has 1 aromatic carbocycles. The first-order valence-electron chi connectivity index (χ1n) is 11.8. The number of aryl methyl sites for hydroxylation is 1. The maximum atomic E-state index is 13.6. The molecule has 1 fully saturated rings. The van der Waals surface area contributed by atoms with Crippen LogP contribution in [0.3, 0.4) is 0 Å². The van der Waals surface area contributed by atoms with E-state index in [2.05, 4.69) is 16.2 Å². The number of pyridine rings is 1. The molecule has 2 aliphatic rings. The molecule has 1 saturated heterocycles. The third-order valence-corrected chi connectivity index (χ3v) is 7.31. The fraction of sp³-hybridized carbons (Fsp3) is 0.346. The summed E-state index contributed by atoms with van der Waals surface area (Å²) in [5, 5.41) is 26.5. The molecular formula is C26H25N7O3. The first-order valence-corrected chi connectivity index (χ1v) is 11.8. The van der Waals surface area contributed by atoms with Gasteiger partial charge >= 0.3 is 5.69 Å². The zero-order valence-corrected chi connectivity index (χ0v) is 20.4. The average molecular weight is 484 g/mol. The van der Waals surface area contributed by atoms with Gasteiger partial charge in [-0.1, -0.05) is 45.0 Å². The van der Waals surface area contributed by atoms with E-state index in [-0.39, 0.29) is 34.6 Å². The third kappa shape index (κ3) is 2.89. The summed E-state index contributed by atoms with van der Waals surface area (Å²) in [4.78, 5) is 33.1. The molecule has 2 aliphatic heterocycles. The van der Waals surface area contributed by atoms with Gasteiger partial charge in [0.05, 0.1) is 29.7 Å². The van der Waals surface area contributed by atoms with Gasteiger partial charge in [-0.05, 0) is 12.5 Å². The molecule has 3 aromatic heterocycles. The van der Waals surface area contributed by atoms with Crippen LogP contribution in [-0.4, -0.2) is 46.4 Å². The molecule has 10 heteroatoms. The number of nitrogens with zero attached hydrogens (tertiary/aromatic N) is 7. The first-order chi connectivity index (χ1) is 17.1. The van der Waals surface area contributed by atoms with E-state index >= 15 is 0 Å². The standard InChI is InChI=1S/C26H25N7O3/c1-26(2,3)21-10-19(30(4)29-21)23(34)31-13-14-9-18(31)22-24(35)33(25(36)32(14)22)20-12-28-17(11-27)15-7-5-6-8-16(15)20/h5-8,10,12,14,18,35H,9,13H2,1-4H3. The quantitative estimate of drug-likeness (QED) is 0.468. The van der Waals surface area contributed by atoms with E-state index in [4.69, 9.17) is 0 Å². The molecule has 5 heterocycles. The summed E-state index contributed by atoms with van der Waals surface area (Å²) >= 11 is 0. The Morgan fingerprint density at radius 1 is 1.22 bits per heavy atom. The fourth-order valence-electron chi connectivity index (χ4n) is 5.51. The molecule has 36 heavy (non-hydrogen) atoms. The number of likely N-dealkylation sites (tertiary alicyclic amines) is 1. The summed E-state index contributed by atoms with van der Waals surface area (Å²) in [7, 11) is 1.75. The lowest BCUT2D eigenvalue weighted by Gasteiger charge is -2.27. The Morgan fingerprint density at radius 2 is 1.94 bits per heavy atom. The van der Waals surface area contributed by atoms with Crippen LogP contribution in [0.25, 0.3) is 16.5 Å². The van der Waals surface area contributed by atoms with Crippen LogP contribution in [0.2, 0.25) is 0 Å². The van der Waals surface area contributed by atoms with Crippen LogP contribution in [-0.2, 0) is 12.5 Å². The molecule has 1 N–H and O–H groups in total. The van der Waals surface area contributed by atoms with Crippen molar-refractivity contribution in [3.8, 4) is 17.6 Å². The number of benzene rings is 1. The molecule has 0 aliphatic carbocycles. The Labute approximate surface area is 206 Å². The Hall–Kier alpha value is -4.39. The van der Waals surface area contributed by atoms with E-state index in [0.717, 1.165) is 5.69 Å². The summed E-state index contributed by atoms with van der Waals surface area (Å²) < 4.78 is 4.43. The van der Waals surface area contributed by atoms with Crippen molar-refractivity contribution in [3.63, 3.8) is 0 Å². The Kier molecular flexibility index (Phi) is 4.48. The normalized spacial score (nSPS) is 18.6. The van der Waals surface area contributed by atoms with Gasteiger partial charge in [0.2, 0.25) is 5.88 Å². The fourth-order valence-corrected chi connectivity index (χ4v) is 5.51. The van der Waals surface area contributed by atoms with Crippen LogP contribution >= 0.6 is 0 Å². The van der Waals surface area contributed by atoms with Crippen molar-refractivity contribution in [1.82, 2.24) is 28.8 Å². The molecule has 4 aromatic rings. The minimum absolute atomic E-state index is 0.177. The number of aromatic hydroxyl groups is 1. The highest BCUT2D eigenvalue weighted by Gasteiger charge is 2.50. The molecule has 2 unspecified atom stereocenters. The van der Waals surface area contributed by atoms with Crippen LogP contribution in [0.4, 0.5) is 0 Å². The highest BCUT2D eigenvalue weighted by Crippen LogP contribution is 2.49. The molecule has 0 radical (unpaired) electrons. The molecule has 2 atom stereocenters. The van der Waals surface area contributed by atoms with Crippen molar-refractivity contribution < 1.29 is 9.90 Å². The van der Waals surface area contributed by atoms with Crippen molar-refractivity contribution in [1.29, 1.82) is 5.26 Å². The summed E-state index contributed by atoms with van der Waals surface area (Å²) in [5.74, 6) is -0.383. The molecular weight excluding hydrogens is 458 g/mol. The second kappa shape index (κ2) is 7.31. The molecule has 2 bridgehead atoms. The molecule has 0 spiro atoms. The number of fused-ring (bicyclic) bond motifs is 6. The van der Waals surface area contributed by atoms with Gasteiger partial charge in [-0.25, -0.2) is 14.3 Å². The topological polar surface area (TPSA) is 122 Å². The lowest BCUT2D eigenvalue weighted by atomic mass is 9.92. The summed E-state index contributed by atoms with van der Waals surface area (Å²) in [6.45, 7) is 6.51. The van der Waals surface area contributed by atoms with Crippen LogP contribution in [0, 0.1) is 11.3 Å². The number of rotatable bonds is 2. The number of nitriles is 1. The Morgan fingerprint density at radius 3 is 2.61 bits per heavy atom. The summed E-state index contributed by atoms with van der Waals surface area (Å²) in [6, 6.07) is 10.4. The number of amides is 1. The van der Waals surface area contributed by atoms with Crippen molar-refractivity contribution >= 4 is 16.7 Å². The number of aromatic nitrogens is 5. The SMILES string of the molecule is Cn1nc(C(C)(C)C)cc1C(=O)N1CC2CC1c1c(O)n(-c3cnc(C#N)c4ccccc34)c(=O)n12. The monoisotopic (exact) mass is 483 g/mol. The summed E-state index contributed by atoms with van der Waals surface area (Å²) in [6.07, 6.45) is 2.01. The Bertz CT molecular complexity index is 1680. The van der Waals surface area contributed by atoms with Gasteiger partial charge < -0.3 is 10.0 Å². The van der Waals surface area contributed by atoms with Gasteiger partial charge in [0.1, 0.15) is 23.2 Å². The minimum Gasteiger partial charge on any atom is -0.493 e. The smallest absolute Gasteiger partial charge is 0.336 e. The third-order valence-electron chi connectivity index (χ3n) is 7.31. The zero-order valence-electron chi connectivity index (χ0n) is 20.4. The predicted octanol–water partition coefficient (Wildman–Crippen LogP) is 2.94. The highest BCUT2D eigenvalue weighted by atomic mass is 16.3.